The lowest BCUT2D eigenvalue weighted by Gasteiger charge is -2.36. The Morgan fingerprint density at radius 1 is 0.979 bits per heavy atom. The standard InChI is InChI=1S/C34H43N7O5S/c1-39-16-18-40(19-17-39)33(44)29(41(24-42)30-22-36-38-47-30)20-25-12-14-26(15-13-25)21-35-32(43)31(28-10-6-3-7-11-28)37-34(45)46-23-27-8-4-2-5-9-27/h2,4-5,8-9,12-15,22,24,28-29,31H,3,6-7,10-11,16-21,23H2,1H3,(H,35,43)(H,37,45)/t29-,31+/m1/s1. The summed E-state index contributed by atoms with van der Waals surface area (Å²) in [6.07, 6.45) is 6.79. The Labute approximate surface area is 279 Å². The van der Waals surface area contributed by atoms with Gasteiger partial charge in [0, 0.05) is 50.7 Å². The molecule has 0 unspecified atom stereocenters. The minimum Gasteiger partial charge on any atom is -0.445 e. The summed E-state index contributed by atoms with van der Waals surface area (Å²) < 4.78 is 9.31. The number of piperazine rings is 1. The zero-order chi connectivity index (χ0) is 33.0. The summed E-state index contributed by atoms with van der Waals surface area (Å²) in [5, 5.41) is 10.2. The molecule has 4 amide bonds. The lowest BCUT2D eigenvalue weighted by molar-refractivity contribution is -0.135. The van der Waals surface area contributed by atoms with Crippen LogP contribution in [-0.4, -0.2) is 89.0 Å². The predicted octanol–water partition coefficient (Wildman–Crippen LogP) is 3.38. The third kappa shape index (κ3) is 9.58. The number of anilines is 1. The molecule has 0 radical (unpaired) electrons. The van der Waals surface area contributed by atoms with E-state index in [4.69, 9.17) is 4.74 Å². The highest BCUT2D eigenvalue weighted by Crippen LogP contribution is 2.27. The smallest absolute Gasteiger partial charge is 0.408 e. The molecule has 2 N–H and O–H groups in total. The number of aromatic nitrogens is 2. The molecule has 12 nitrogen and oxygen atoms in total. The quantitative estimate of drug-likeness (QED) is 0.266. The molecular weight excluding hydrogens is 618 g/mol. The summed E-state index contributed by atoms with van der Waals surface area (Å²) in [6.45, 7) is 3.15. The molecule has 5 rings (SSSR count). The molecule has 1 saturated heterocycles. The Balaban J connectivity index is 1.21. The number of carbonyl (C=O) groups excluding carboxylic acids is 4. The van der Waals surface area contributed by atoms with E-state index in [1.165, 1.54) is 11.1 Å². The third-order valence-electron chi connectivity index (χ3n) is 8.96. The second kappa shape index (κ2) is 17.0. The van der Waals surface area contributed by atoms with E-state index < -0.39 is 18.2 Å². The van der Waals surface area contributed by atoms with Gasteiger partial charge in [0.05, 0.1) is 6.20 Å². The van der Waals surface area contributed by atoms with Gasteiger partial charge in [0.2, 0.25) is 18.2 Å². The molecule has 2 fully saturated rings. The number of hydrogen-bond acceptors (Lipinski definition) is 9. The summed E-state index contributed by atoms with van der Waals surface area (Å²) in [5.41, 5.74) is 2.62. The van der Waals surface area contributed by atoms with Crippen LogP contribution in [0.5, 0.6) is 0 Å². The molecule has 1 saturated carbocycles. The molecule has 250 valence electrons. The van der Waals surface area contributed by atoms with Crippen molar-refractivity contribution in [2.75, 3.05) is 38.1 Å². The van der Waals surface area contributed by atoms with Crippen molar-refractivity contribution < 1.29 is 23.9 Å². The lowest BCUT2D eigenvalue weighted by Crippen LogP contribution is -2.55. The molecule has 3 aromatic rings. The molecule has 0 bridgehead atoms. The van der Waals surface area contributed by atoms with Gasteiger partial charge in [0.1, 0.15) is 23.7 Å². The van der Waals surface area contributed by atoms with E-state index in [1.807, 2.05) is 66.5 Å². The van der Waals surface area contributed by atoms with Gasteiger partial charge in [-0.3, -0.25) is 19.3 Å². The van der Waals surface area contributed by atoms with Crippen molar-refractivity contribution in [1.82, 2.24) is 30.0 Å². The van der Waals surface area contributed by atoms with E-state index in [2.05, 4.69) is 25.1 Å². The summed E-state index contributed by atoms with van der Waals surface area (Å²) in [7, 11) is 2.03. The fraction of sp³-hybridized carbons (Fsp3) is 0.471. The Kier molecular flexibility index (Phi) is 12.3. The summed E-state index contributed by atoms with van der Waals surface area (Å²) in [6, 6.07) is 15.6. The number of likely N-dealkylation sites (N-methyl/N-ethyl adjacent to an activating group) is 1. The zero-order valence-electron chi connectivity index (χ0n) is 26.8. The van der Waals surface area contributed by atoms with Gasteiger partial charge in [0.15, 0.2) is 0 Å². The van der Waals surface area contributed by atoms with Gasteiger partial charge in [-0.25, -0.2) is 4.79 Å². The Bertz CT molecular complexity index is 1440. The maximum Gasteiger partial charge on any atom is 0.408 e. The van der Waals surface area contributed by atoms with E-state index >= 15 is 0 Å². The SMILES string of the molecule is CN1CCN(C(=O)[C@@H](Cc2ccc(CNC(=O)[C@@H](NC(=O)OCc3ccccc3)C3CCCCC3)cc2)N(C=O)c2cnns2)CC1. The van der Waals surface area contributed by atoms with Crippen LogP contribution in [0, 0.1) is 5.92 Å². The van der Waals surface area contributed by atoms with Crippen molar-refractivity contribution in [2.24, 2.45) is 5.92 Å². The predicted molar refractivity (Wildman–Crippen MR) is 178 cm³/mol. The third-order valence-corrected chi connectivity index (χ3v) is 9.64. The van der Waals surface area contributed by atoms with Crippen LogP contribution in [-0.2, 0) is 38.7 Å². The van der Waals surface area contributed by atoms with Crippen LogP contribution in [0.3, 0.4) is 0 Å². The molecule has 1 aliphatic heterocycles. The molecule has 2 atom stereocenters. The number of carbonyl (C=O) groups is 4. The second-order valence-electron chi connectivity index (χ2n) is 12.2. The van der Waals surface area contributed by atoms with Gasteiger partial charge in [-0.05, 0) is 42.5 Å². The number of nitrogens with one attached hydrogen (secondary N) is 2. The van der Waals surface area contributed by atoms with Crippen LogP contribution in [0.25, 0.3) is 0 Å². The van der Waals surface area contributed by atoms with E-state index in [0.29, 0.717) is 30.9 Å². The normalized spacial score (nSPS) is 16.9. The van der Waals surface area contributed by atoms with E-state index in [0.717, 1.165) is 73.4 Å². The van der Waals surface area contributed by atoms with Crippen LogP contribution in [0.15, 0.2) is 60.8 Å². The number of nitrogens with zero attached hydrogens (tertiary/aromatic N) is 5. The van der Waals surface area contributed by atoms with Crippen LogP contribution in [0.1, 0.15) is 48.8 Å². The highest BCUT2D eigenvalue weighted by atomic mass is 32.1. The monoisotopic (exact) mass is 661 g/mol. The van der Waals surface area contributed by atoms with Gasteiger partial charge < -0.3 is 25.2 Å². The van der Waals surface area contributed by atoms with Crippen molar-refractivity contribution in [3.05, 3.63) is 77.5 Å². The molecule has 13 heteroatoms. The number of hydrogen-bond donors (Lipinski definition) is 2. The van der Waals surface area contributed by atoms with Crippen LogP contribution in [0.4, 0.5) is 9.80 Å². The molecule has 0 spiro atoms. The van der Waals surface area contributed by atoms with Gasteiger partial charge >= 0.3 is 6.09 Å². The summed E-state index contributed by atoms with van der Waals surface area (Å²) in [4.78, 5) is 57.5. The first-order chi connectivity index (χ1) is 22.9. The van der Waals surface area contributed by atoms with Crippen molar-refractivity contribution in [1.29, 1.82) is 0 Å². The summed E-state index contributed by atoms with van der Waals surface area (Å²) in [5.74, 6) is -0.312. The number of ether oxygens (including phenoxy) is 1. The Hall–Kier alpha value is -4.36. The maximum atomic E-state index is 13.7. The Morgan fingerprint density at radius 2 is 1.68 bits per heavy atom. The van der Waals surface area contributed by atoms with Crippen LogP contribution >= 0.6 is 11.5 Å². The van der Waals surface area contributed by atoms with Crippen molar-refractivity contribution in [2.45, 2.75) is 63.8 Å². The van der Waals surface area contributed by atoms with Gasteiger partial charge in [-0.1, -0.05) is 78.3 Å². The lowest BCUT2D eigenvalue weighted by atomic mass is 9.83. The zero-order valence-corrected chi connectivity index (χ0v) is 27.6. The average Bonchev–Trinajstić information content (AvgIpc) is 3.65. The number of amides is 4. The van der Waals surface area contributed by atoms with E-state index in [-0.39, 0.29) is 30.9 Å². The van der Waals surface area contributed by atoms with E-state index in [1.54, 1.807) is 0 Å². The first kappa shape index (κ1) is 34.0. The number of benzene rings is 2. The molecule has 1 aliphatic carbocycles. The highest BCUT2D eigenvalue weighted by molar-refractivity contribution is 7.10. The molecule has 2 aromatic carbocycles. The van der Waals surface area contributed by atoms with Gasteiger partial charge in [-0.2, -0.15) is 0 Å². The van der Waals surface area contributed by atoms with Crippen molar-refractivity contribution in [3.63, 3.8) is 0 Å². The van der Waals surface area contributed by atoms with Gasteiger partial charge in [0.25, 0.3) is 0 Å². The van der Waals surface area contributed by atoms with Crippen LogP contribution < -0.4 is 15.5 Å². The van der Waals surface area contributed by atoms with E-state index in [9.17, 15) is 19.2 Å². The molecule has 1 aromatic heterocycles. The number of alkyl carbamates (subject to hydrolysis) is 1. The summed E-state index contributed by atoms with van der Waals surface area (Å²) >= 11 is 1.07. The molecule has 2 aliphatic rings. The number of rotatable bonds is 13. The molecular formula is C34H43N7O5S. The fourth-order valence-electron chi connectivity index (χ4n) is 6.17. The van der Waals surface area contributed by atoms with Crippen molar-refractivity contribution >= 4 is 40.9 Å². The highest BCUT2D eigenvalue weighted by Gasteiger charge is 2.33. The second-order valence-corrected chi connectivity index (χ2v) is 13.0. The van der Waals surface area contributed by atoms with Crippen molar-refractivity contribution in [3.8, 4) is 0 Å². The first-order valence-electron chi connectivity index (χ1n) is 16.2. The largest absolute Gasteiger partial charge is 0.445 e. The molecule has 47 heavy (non-hydrogen) atoms. The fourth-order valence-corrected chi connectivity index (χ4v) is 6.71. The minimum absolute atomic E-state index is 0.0414. The van der Waals surface area contributed by atoms with Crippen LogP contribution in [0.2, 0.25) is 0 Å². The molecule has 2 heterocycles. The first-order valence-corrected chi connectivity index (χ1v) is 17.0. The Morgan fingerprint density at radius 3 is 2.34 bits per heavy atom. The average molecular weight is 662 g/mol. The maximum absolute atomic E-state index is 13.7. The van der Waals surface area contributed by atoms with Gasteiger partial charge in [-0.15, -0.1) is 5.10 Å². The topological polar surface area (TPSA) is 137 Å². The minimum atomic E-state index is -0.743.